The van der Waals surface area contributed by atoms with Gasteiger partial charge in [0.1, 0.15) is 34.4 Å². The maximum Gasteiger partial charge on any atom is 0.308 e. The normalized spacial score (nSPS) is 29.7. The van der Waals surface area contributed by atoms with Crippen LogP contribution in [0.3, 0.4) is 0 Å². The fourth-order valence-electron chi connectivity index (χ4n) is 6.81. The standard InChI is InChI=1S/C35H35NO15S/c1-17(37)28(43)30-34(44,19(3)39)35(45,20(4)40)33(36,18(2)38)31(50-30)49-27-8-6-7-26-29(27)52(46,47)51-32(26,22-9-13-24(42)14-10-22)23-11-15-25(16-12-23)48-21(5)41/h6-16,28,30-31,42-45H,36H2,1-5H3/t28?,30-,31-,32?,33+,34-,35-/m1/s1. The third kappa shape index (κ3) is 5.44. The molecule has 3 aromatic rings. The number of hydrogen-bond acceptors (Lipinski definition) is 16. The van der Waals surface area contributed by atoms with Gasteiger partial charge >= 0.3 is 16.1 Å². The van der Waals surface area contributed by atoms with E-state index in [1.807, 2.05) is 0 Å². The van der Waals surface area contributed by atoms with Gasteiger partial charge in [0.25, 0.3) is 0 Å². The van der Waals surface area contributed by atoms with Crippen LogP contribution in [-0.2, 0) is 48.6 Å². The number of benzene rings is 3. The Balaban J connectivity index is 1.77. The molecule has 16 nitrogen and oxygen atoms in total. The summed E-state index contributed by atoms with van der Waals surface area (Å²) < 4.78 is 50.9. The lowest BCUT2D eigenvalue weighted by molar-refractivity contribution is -0.320. The number of aromatic hydroxyl groups is 1. The third-order valence-corrected chi connectivity index (χ3v) is 10.8. The monoisotopic (exact) mass is 741 g/mol. The van der Waals surface area contributed by atoms with Gasteiger partial charge in [-0.2, -0.15) is 8.42 Å². The van der Waals surface area contributed by atoms with Crippen molar-refractivity contribution in [3.05, 3.63) is 83.4 Å². The molecule has 1 saturated heterocycles. The Morgan fingerprint density at radius 1 is 0.827 bits per heavy atom. The molecule has 0 aromatic heterocycles. The molecule has 7 atom stereocenters. The number of hydrogen-bond donors (Lipinski definition) is 5. The molecule has 2 aliphatic rings. The van der Waals surface area contributed by atoms with Crippen LogP contribution in [0.5, 0.6) is 17.2 Å². The number of esters is 1. The quantitative estimate of drug-likeness (QED) is 0.106. The number of fused-ring (bicyclic) bond motifs is 1. The Hall–Kier alpha value is -4.88. The Kier molecular flexibility index (Phi) is 9.56. The van der Waals surface area contributed by atoms with Crippen molar-refractivity contribution < 1.29 is 71.2 Å². The van der Waals surface area contributed by atoms with Gasteiger partial charge < -0.3 is 40.4 Å². The zero-order valence-corrected chi connectivity index (χ0v) is 29.2. The first-order chi connectivity index (χ1) is 24.1. The van der Waals surface area contributed by atoms with Gasteiger partial charge in [0.05, 0.1) is 0 Å². The lowest BCUT2D eigenvalue weighted by Gasteiger charge is -2.58. The molecule has 0 bridgehead atoms. The van der Waals surface area contributed by atoms with Crippen molar-refractivity contribution in [1.29, 1.82) is 0 Å². The zero-order valence-electron chi connectivity index (χ0n) is 28.3. The molecular weight excluding hydrogens is 706 g/mol. The van der Waals surface area contributed by atoms with Crippen LogP contribution in [0.1, 0.15) is 51.3 Å². The van der Waals surface area contributed by atoms with Crippen LogP contribution >= 0.6 is 0 Å². The smallest absolute Gasteiger partial charge is 0.308 e. The molecule has 0 radical (unpaired) electrons. The molecule has 5 rings (SSSR count). The van der Waals surface area contributed by atoms with E-state index in [0.29, 0.717) is 13.8 Å². The van der Waals surface area contributed by atoms with E-state index >= 15 is 0 Å². The van der Waals surface area contributed by atoms with Gasteiger partial charge in [-0.25, -0.2) is 4.18 Å². The SMILES string of the molecule is CC(=O)Oc1ccc(C2(c3ccc(O)cc3)OS(=O)(=O)c3c(O[C@@H]4O[C@H](C(O)C(C)=O)[C@](O)(C(C)=O)[C@@](O)(C(C)=O)[C@]4(N)C(C)=O)cccc32)cc1. The highest BCUT2D eigenvalue weighted by Gasteiger charge is 2.79. The van der Waals surface area contributed by atoms with E-state index in [0.717, 1.165) is 19.9 Å². The van der Waals surface area contributed by atoms with Crippen molar-refractivity contribution >= 4 is 39.2 Å². The summed E-state index contributed by atoms with van der Waals surface area (Å²) in [4.78, 5) is 62.9. The number of aliphatic hydroxyl groups is 3. The van der Waals surface area contributed by atoms with Gasteiger partial charge in [0, 0.05) is 12.5 Å². The summed E-state index contributed by atoms with van der Waals surface area (Å²) in [6.45, 7) is 4.21. The predicted molar refractivity (Wildman–Crippen MR) is 175 cm³/mol. The predicted octanol–water partition coefficient (Wildman–Crippen LogP) is 0.309. The molecular formula is C35H35NO15S. The van der Waals surface area contributed by atoms with Gasteiger partial charge in [0.15, 0.2) is 45.5 Å². The van der Waals surface area contributed by atoms with Crippen LogP contribution in [-0.4, -0.2) is 93.2 Å². The molecule has 3 aromatic carbocycles. The van der Waals surface area contributed by atoms with Crippen molar-refractivity contribution in [2.45, 2.75) is 80.4 Å². The zero-order chi connectivity index (χ0) is 38.8. The summed E-state index contributed by atoms with van der Waals surface area (Å²) in [5, 5.41) is 44.6. The second-order valence-corrected chi connectivity index (χ2v) is 14.1. The third-order valence-electron chi connectivity index (χ3n) is 9.41. The van der Waals surface area contributed by atoms with E-state index in [4.69, 9.17) is 24.1 Å². The van der Waals surface area contributed by atoms with Crippen molar-refractivity contribution in [1.82, 2.24) is 0 Å². The Bertz CT molecular complexity index is 2100. The lowest BCUT2D eigenvalue weighted by Crippen LogP contribution is -2.90. The van der Waals surface area contributed by atoms with Crippen LogP contribution in [0.15, 0.2) is 71.6 Å². The van der Waals surface area contributed by atoms with Crippen LogP contribution in [0.25, 0.3) is 0 Å². The Labute approximate surface area is 296 Å². The number of rotatable bonds is 10. The molecule has 17 heteroatoms. The number of ketones is 4. The summed E-state index contributed by atoms with van der Waals surface area (Å²) in [5.74, 6) is -6.55. The fraction of sp³-hybridized carbons (Fsp3) is 0.343. The van der Waals surface area contributed by atoms with Crippen molar-refractivity contribution in [2.24, 2.45) is 5.73 Å². The van der Waals surface area contributed by atoms with Gasteiger partial charge in [-0.1, -0.05) is 36.4 Å². The van der Waals surface area contributed by atoms with E-state index in [1.165, 1.54) is 67.6 Å². The number of ether oxygens (including phenoxy) is 3. The molecule has 0 spiro atoms. The second-order valence-electron chi connectivity index (χ2n) is 12.6. The molecule has 52 heavy (non-hydrogen) atoms. The average molecular weight is 742 g/mol. The first kappa shape index (κ1) is 38.4. The van der Waals surface area contributed by atoms with Crippen LogP contribution in [0.2, 0.25) is 0 Å². The largest absolute Gasteiger partial charge is 0.508 e. The van der Waals surface area contributed by atoms with E-state index < -0.39 is 90.7 Å². The van der Waals surface area contributed by atoms with E-state index in [1.54, 1.807) is 0 Å². The van der Waals surface area contributed by atoms with Gasteiger partial charge in [-0.15, -0.1) is 0 Å². The number of Topliss-reactive ketones (excluding diaryl/α,β-unsaturated/α-hetero) is 4. The minimum Gasteiger partial charge on any atom is -0.508 e. The number of aliphatic hydroxyl groups excluding tert-OH is 1. The molecule has 2 heterocycles. The average Bonchev–Trinajstić information content (AvgIpc) is 3.32. The Morgan fingerprint density at radius 2 is 1.38 bits per heavy atom. The fourth-order valence-corrected chi connectivity index (χ4v) is 8.35. The summed E-state index contributed by atoms with van der Waals surface area (Å²) in [6.07, 6.45) is -7.35. The Morgan fingerprint density at radius 3 is 1.87 bits per heavy atom. The van der Waals surface area contributed by atoms with Crippen molar-refractivity contribution in [3.63, 3.8) is 0 Å². The molecule has 6 N–H and O–H groups in total. The number of phenols is 1. The van der Waals surface area contributed by atoms with E-state index in [-0.39, 0.29) is 28.2 Å². The minimum absolute atomic E-state index is 0.0976. The van der Waals surface area contributed by atoms with Crippen molar-refractivity contribution in [2.75, 3.05) is 0 Å². The number of carbonyl (C=O) groups excluding carboxylic acids is 5. The number of nitrogens with two attached hydrogens (primary N) is 1. The highest BCUT2D eigenvalue weighted by Crippen LogP contribution is 2.54. The maximum atomic E-state index is 14.1. The van der Waals surface area contributed by atoms with Crippen LogP contribution < -0.4 is 15.2 Å². The van der Waals surface area contributed by atoms with E-state index in [2.05, 4.69) is 0 Å². The first-order valence-corrected chi connectivity index (χ1v) is 17.0. The van der Waals surface area contributed by atoms with Gasteiger partial charge in [-0.3, -0.25) is 24.0 Å². The molecule has 1 fully saturated rings. The maximum absolute atomic E-state index is 14.1. The molecule has 276 valence electrons. The molecule has 0 saturated carbocycles. The van der Waals surface area contributed by atoms with Gasteiger partial charge in [0.2, 0.25) is 6.29 Å². The molecule has 0 amide bonds. The molecule has 2 aliphatic heterocycles. The second kappa shape index (κ2) is 13.0. The molecule has 0 aliphatic carbocycles. The lowest BCUT2D eigenvalue weighted by atomic mass is 9.59. The first-order valence-electron chi connectivity index (χ1n) is 15.6. The van der Waals surface area contributed by atoms with Gasteiger partial charge in [-0.05, 0) is 69.2 Å². The minimum atomic E-state index is -4.90. The topological polar surface area (TPSA) is 263 Å². The van der Waals surface area contributed by atoms with Crippen molar-refractivity contribution in [3.8, 4) is 17.2 Å². The van der Waals surface area contributed by atoms with Crippen LogP contribution in [0.4, 0.5) is 0 Å². The number of carbonyl (C=O) groups is 5. The van der Waals surface area contributed by atoms with Crippen LogP contribution in [0, 0.1) is 0 Å². The number of phenolic OH excluding ortho intramolecular Hbond substituents is 1. The highest BCUT2D eigenvalue weighted by molar-refractivity contribution is 7.87. The summed E-state index contributed by atoms with van der Waals surface area (Å²) in [7, 11) is -4.90. The summed E-state index contributed by atoms with van der Waals surface area (Å²) >= 11 is 0. The summed E-state index contributed by atoms with van der Waals surface area (Å²) in [6, 6.07) is 14.8. The van der Waals surface area contributed by atoms with E-state index in [9.17, 15) is 52.8 Å². The highest BCUT2D eigenvalue weighted by atomic mass is 32.2. The molecule has 2 unspecified atom stereocenters. The summed E-state index contributed by atoms with van der Waals surface area (Å²) in [5.41, 5.74) is -5.63.